The van der Waals surface area contributed by atoms with E-state index in [0.717, 1.165) is 0 Å². The van der Waals surface area contributed by atoms with Crippen LogP contribution in [0.25, 0.3) is 11.2 Å². The highest BCUT2D eigenvalue weighted by molar-refractivity contribution is 6.31. The molecular formula is C10H11B2N5O4. The van der Waals surface area contributed by atoms with Crippen LogP contribution < -0.4 is 17.2 Å². The average molecular weight is 287 g/mol. The number of fused-ring (bicyclic) bond motifs is 1. The van der Waals surface area contributed by atoms with E-state index in [1.165, 1.54) is 4.57 Å². The van der Waals surface area contributed by atoms with Crippen molar-refractivity contribution in [1.29, 1.82) is 0 Å². The topological polar surface area (TPSA) is 140 Å². The van der Waals surface area contributed by atoms with Crippen LogP contribution in [0.1, 0.15) is 6.23 Å². The molecule has 2 aromatic heterocycles. The Morgan fingerprint density at radius 2 is 1.90 bits per heavy atom. The minimum absolute atomic E-state index is 0.0357. The van der Waals surface area contributed by atoms with E-state index in [1.54, 1.807) is 0 Å². The van der Waals surface area contributed by atoms with E-state index in [0.29, 0.717) is 0 Å². The number of aliphatic hydroxyl groups excluding tert-OH is 3. The van der Waals surface area contributed by atoms with Crippen molar-refractivity contribution in [3.63, 3.8) is 0 Å². The standard InChI is InChI=1S/C10H11B2N5O4/c11-9-15-6(13)3-7(16-9)17(10(12)14-3)8-5(20)4(19)2(1-18)21-8/h2,4-5,8,18-20H,1H2,(H2,13,15,16)/t2-,4+,5-,8-/m1/s1. The first-order valence-electron chi connectivity index (χ1n) is 6.13. The number of nitrogen functional groups attached to an aromatic ring is 1. The molecule has 1 saturated heterocycles. The summed E-state index contributed by atoms with van der Waals surface area (Å²) in [5, 5.41) is 29.0. The average Bonchev–Trinajstić information content (AvgIpc) is 2.89. The molecule has 1 aliphatic heterocycles. The predicted octanol–water partition coefficient (Wildman–Crippen LogP) is -4.39. The van der Waals surface area contributed by atoms with Gasteiger partial charge < -0.3 is 25.8 Å². The Balaban J connectivity index is 2.15. The molecule has 4 radical (unpaired) electrons. The number of imidazole rings is 1. The Morgan fingerprint density at radius 1 is 1.19 bits per heavy atom. The normalized spacial score (nSPS) is 29.3. The predicted molar refractivity (Wildman–Crippen MR) is 73.5 cm³/mol. The smallest absolute Gasteiger partial charge is 0.170 e. The van der Waals surface area contributed by atoms with Crippen LogP contribution >= 0.6 is 0 Å². The third-order valence-electron chi connectivity index (χ3n) is 3.38. The second-order valence-corrected chi connectivity index (χ2v) is 4.71. The zero-order chi connectivity index (χ0) is 15.3. The molecule has 9 nitrogen and oxygen atoms in total. The summed E-state index contributed by atoms with van der Waals surface area (Å²) in [6, 6.07) is 0. The number of hydrogen-bond acceptors (Lipinski definition) is 8. The second-order valence-electron chi connectivity index (χ2n) is 4.71. The minimum Gasteiger partial charge on any atom is -0.394 e. The van der Waals surface area contributed by atoms with Crippen LogP contribution in [0.3, 0.4) is 0 Å². The van der Waals surface area contributed by atoms with Crippen molar-refractivity contribution in [2.75, 3.05) is 12.3 Å². The van der Waals surface area contributed by atoms with Gasteiger partial charge in [0.05, 0.1) is 18.1 Å². The molecule has 0 spiro atoms. The number of hydrogen-bond donors (Lipinski definition) is 4. The second kappa shape index (κ2) is 4.95. The summed E-state index contributed by atoms with van der Waals surface area (Å²) >= 11 is 0. The maximum atomic E-state index is 10.1. The monoisotopic (exact) mass is 287 g/mol. The van der Waals surface area contributed by atoms with Crippen LogP contribution in [0.15, 0.2) is 0 Å². The van der Waals surface area contributed by atoms with E-state index >= 15 is 0 Å². The molecule has 0 saturated carbocycles. The van der Waals surface area contributed by atoms with E-state index in [2.05, 4.69) is 15.0 Å². The van der Waals surface area contributed by atoms with Gasteiger partial charge in [0, 0.05) is 0 Å². The van der Waals surface area contributed by atoms with Gasteiger partial charge in [0.25, 0.3) is 0 Å². The van der Waals surface area contributed by atoms with E-state index in [4.69, 9.17) is 31.3 Å². The largest absolute Gasteiger partial charge is 0.394 e. The van der Waals surface area contributed by atoms with Gasteiger partial charge >= 0.3 is 0 Å². The lowest BCUT2D eigenvalue weighted by atomic mass is 10.1. The van der Waals surface area contributed by atoms with Crippen LogP contribution in [-0.2, 0) is 4.74 Å². The number of rotatable bonds is 2. The van der Waals surface area contributed by atoms with E-state index < -0.39 is 31.1 Å². The molecule has 1 fully saturated rings. The maximum absolute atomic E-state index is 10.1. The van der Waals surface area contributed by atoms with Gasteiger partial charge in [-0.3, -0.25) is 4.57 Å². The van der Waals surface area contributed by atoms with Gasteiger partial charge in [0.1, 0.15) is 23.8 Å². The first-order chi connectivity index (χ1) is 9.93. The SMILES string of the molecule is [B]c1nc(N)c2nc([B])n([C@@H]3O[C@H](CO)[C@H](O)[C@H]3O)c2n1. The van der Waals surface area contributed by atoms with Gasteiger partial charge in [-0.2, -0.15) is 0 Å². The number of aliphatic hydroxyl groups is 3. The third-order valence-corrected chi connectivity index (χ3v) is 3.38. The molecule has 4 atom stereocenters. The van der Waals surface area contributed by atoms with E-state index in [9.17, 15) is 10.2 Å². The molecule has 0 aliphatic carbocycles. The van der Waals surface area contributed by atoms with Crippen molar-refractivity contribution in [3.8, 4) is 0 Å². The summed E-state index contributed by atoms with van der Waals surface area (Å²) in [6.07, 6.45) is -4.61. The van der Waals surface area contributed by atoms with Crippen LogP contribution in [0.4, 0.5) is 5.82 Å². The van der Waals surface area contributed by atoms with Gasteiger partial charge in [0.2, 0.25) is 0 Å². The summed E-state index contributed by atoms with van der Waals surface area (Å²) in [4.78, 5) is 11.8. The fraction of sp³-hybridized carbons (Fsp3) is 0.500. The van der Waals surface area contributed by atoms with Crippen molar-refractivity contribution in [2.45, 2.75) is 24.5 Å². The van der Waals surface area contributed by atoms with Gasteiger partial charge in [-0.05, 0) is 0 Å². The number of nitrogens with two attached hydrogens (primary N) is 1. The number of aromatic nitrogens is 4. The quantitative estimate of drug-likeness (QED) is 0.406. The van der Waals surface area contributed by atoms with Crippen molar-refractivity contribution in [2.24, 2.45) is 0 Å². The zero-order valence-corrected chi connectivity index (χ0v) is 10.8. The first kappa shape index (κ1) is 14.3. The lowest BCUT2D eigenvalue weighted by Gasteiger charge is -2.18. The highest BCUT2D eigenvalue weighted by atomic mass is 16.6. The summed E-state index contributed by atoms with van der Waals surface area (Å²) in [5.41, 5.74) is 5.95. The lowest BCUT2D eigenvalue weighted by Crippen LogP contribution is -2.35. The summed E-state index contributed by atoms with van der Waals surface area (Å²) in [7, 11) is 11.3. The summed E-state index contributed by atoms with van der Waals surface area (Å²) in [5.74, 6) is 0.0368. The zero-order valence-electron chi connectivity index (χ0n) is 10.8. The summed E-state index contributed by atoms with van der Waals surface area (Å²) < 4.78 is 6.66. The number of anilines is 1. The molecule has 0 unspecified atom stereocenters. The highest BCUT2D eigenvalue weighted by Crippen LogP contribution is 2.30. The van der Waals surface area contributed by atoms with Crippen molar-refractivity contribution in [3.05, 3.63) is 0 Å². The van der Waals surface area contributed by atoms with Gasteiger partial charge in [-0.15, -0.1) is 0 Å². The highest BCUT2D eigenvalue weighted by Gasteiger charge is 2.44. The molecular weight excluding hydrogens is 276 g/mol. The van der Waals surface area contributed by atoms with E-state index in [-0.39, 0.29) is 28.4 Å². The van der Waals surface area contributed by atoms with Gasteiger partial charge in [-0.25, -0.2) is 15.0 Å². The van der Waals surface area contributed by atoms with Crippen molar-refractivity contribution < 1.29 is 20.1 Å². The molecule has 11 heteroatoms. The molecule has 3 heterocycles. The Hall–Kier alpha value is -1.68. The van der Waals surface area contributed by atoms with Crippen LogP contribution in [-0.4, -0.2) is 75.4 Å². The Labute approximate surface area is 121 Å². The lowest BCUT2D eigenvalue weighted by molar-refractivity contribution is -0.0497. The Bertz CT molecular complexity index is 696. The van der Waals surface area contributed by atoms with Gasteiger partial charge in [-0.1, -0.05) is 0 Å². The maximum Gasteiger partial charge on any atom is 0.170 e. The van der Waals surface area contributed by atoms with E-state index in [1.807, 2.05) is 0 Å². The minimum atomic E-state index is -1.32. The third kappa shape index (κ3) is 2.09. The summed E-state index contributed by atoms with van der Waals surface area (Å²) in [6.45, 7) is -0.458. The van der Waals surface area contributed by atoms with Crippen LogP contribution in [0.2, 0.25) is 0 Å². The fourth-order valence-electron chi connectivity index (χ4n) is 2.37. The first-order valence-corrected chi connectivity index (χ1v) is 6.13. The van der Waals surface area contributed by atoms with Crippen LogP contribution in [0.5, 0.6) is 0 Å². The number of nitrogens with zero attached hydrogens (tertiary/aromatic N) is 4. The number of ether oxygens (including phenoxy) is 1. The van der Waals surface area contributed by atoms with Crippen LogP contribution in [0, 0.1) is 0 Å². The fourth-order valence-corrected chi connectivity index (χ4v) is 2.37. The molecule has 0 bridgehead atoms. The van der Waals surface area contributed by atoms with Crippen molar-refractivity contribution >= 4 is 44.1 Å². The molecule has 106 valence electrons. The molecule has 3 rings (SSSR count). The molecule has 5 N–H and O–H groups in total. The van der Waals surface area contributed by atoms with Gasteiger partial charge in [0.15, 0.2) is 33.4 Å². The Kier molecular flexibility index (Phi) is 3.36. The molecule has 1 aliphatic rings. The molecule has 2 aromatic rings. The van der Waals surface area contributed by atoms with Crippen molar-refractivity contribution in [1.82, 2.24) is 19.5 Å². The Morgan fingerprint density at radius 3 is 2.52 bits per heavy atom. The molecule has 0 amide bonds. The molecule has 0 aromatic carbocycles. The molecule has 21 heavy (non-hydrogen) atoms.